The van der Waals surface area contributed by atoms with Gasteiger partial charge in [0.05, 0.1) is 6.20 Å². The maximum Gasteiger partial charge on any atom is 0.290 e. The lowest BCUT2D eigenvalue weighted by molar-refractivity contribution is 0.0720. The summed E-state index contributed by atoms with van der Waals surface area (Å²) in [5, 5.41) is 12.7. The standard InChI is InChI=1S/C15H14N4O2/c1-8-3-10-5-13(21-12(10)4-9(8)2)15(20)19-14(17)11(6-16)7-18-19/h3-4,7,13H,5,17H2,1-2H3. The Kier molecular flexibility index (Phi) is 2.91. The molecule has 1 atom stereocenters. The fourth-order valence-corrected chi connectivity index (χ4v) is 2.41. The van der Waals surface area contributed by atoms with Crippen LogP contribution in [-0.4, -0.2) is 21.8 Å². The van der Waals surface area contributed by atoms with Gasteiger partial charge in [-0.25, -0.2) is 0 Å². The lowest BCUT2D eigenvalue weighted by Crippen LogP contribution is -2.32. The molecule has 0 fully saturated rings. The van der Waals surface area contributed by atoms with Crippen LogP contribution in [-0.2, 0) is 6.42 Å². The predicted molar refractivity (Wildman–Crippen MR) is 76.0 cm³/mol. The molecule has 0 saturated carbocycles. The van der Waals surface area contributed by atoms with Crippen LogP contribution in [0.2, 0.25) is 0 Å². The Bertz CT molecular complexity index is 755. The van der Waals surface area contributed by atoms with Gasteiger partial charge in [-0.15, -0.1) is 0 Å². The number of carbonyl (C=O) groups is 1. The highest BCUT2D eigenvalue weighted by Gasteiger charge is 2.32. The molecular weight excluding hydrogens is 268 g/mol. The highest BCUT2D eigenvalue weighted by molar-refractivity contribution is 5.87. The Balaban J connectivity index is 1.89. The molecule has 3 rings (SSSR count). The number of hydrogen-bond acceptors (Lipinski definition) is 5. The van der Waals surface area contributed by atoms with Crippen molar-refractivity contribution >= 4 is 11.7 Å². The van der Waals surface area contributed by atoms with Crippen molar-refractivity contribution in [2.24, 2.45) is 0 Å². The van der Waals surface area contributed by atoms with Gasteiger partial charge in [-0.3, -0.25) is 4.79 Å². The van der Waals surface area contributed by atoms with Gasteiger partial charge in [0.25, 0.3) is 5.91 Å². The third-order valence-electron chi connectivity index (χ3n) is 3.76. The minimum Gasteiger partial charge on any atom is -0.480 e. The van der Waals surface area contributed by atoms with Crippen molar-refractivity contribution < 1.29 is 9.53 Å². The Hall–Kier alpha value is -2.81. The molecule has 1 aromatic carbocycles. The van der Waals surface area contributed by atoms with Gasteiger partial charge in [0.2, 0.25) is 0 Å². The molecule has 0 spiro atoms. The number of anilines is 1. The van der Waals surface area contributed by atoms with E-state index in [1.54, 1.807) is 0 Å². The minimum atomic E-state index is -0.657. The molecule has 6 heteroatoms. The van der Waals surface area contributed by atoms with Gasteiger partial charge in [0, 0.05) is 6.42 Å². The molecule has 0 saturated heterocycles. The van der Waals surface area contributed by atoms with Crippen molar-refractivity contribution in [2.45, 2.75) is 26.4 Å². The number of nitriles is 1. The summed E-state index contributed by atoms with van der Waals surface area (Å²) in [5.74, 6) is 0.414. The zero-order chi connectivity index (χ0) is 15.1. The molecular formula is C15H14N4O2. The third-order valence-corrected chi connectivity index (χ3v) is 3.76. The Morgan fingerprint density at radius 2 is 2.19 bits per heavy atom. The zero-order valence-electron chi connectivity index (χ0n) is 11.8. The minimum absolute atomic E-state index is 0.0504. The maximum absolute atomic E-state index is 12.4. The van der Waals surface area contributed by atoms with Crippen molar-refractivity contribution in [3.8, 4) is 11.8 Å². The van der Waals surface area contributed by atoms with E-state index in [-0.39, 0.29) is 17.3 Å². The first kappa shape index (κ1) is 13.2. The summed E-state index contributed by atoms with van der Waals surface area (Å²) >= 11 is 0. The topological polar surface area (TPSA) is 93.9 Å². The molecule has 0 amide bonds. The van der Waals surface area contributed by atoms with Crippen molar-refractivity contribution in [3.63, 3.8) is 0 Å². The van der Waals surface area contributed by atoms with Crippen LogP contribution in [0.4, 0.5) is 5.82 Å². The van der Waals surface area contributed by atoms with E-state index in [1.165, 1.54) is 6.20 Å². The normalized spacial score (nSPS) is 16.1. The van der Waals surface area contributed by atoms with E-state index < -0.39 is 6.10 Å². The summed E-state index contributed by atoms with van der Waals surface area (Å²) in [5.41, 5.74) is 9.21. The van der Waals surface area contributed by atoms with Crippen LogP contribution in [0.5, 0.6) is 5.75 Å². The van der Waals surface area contributed by atoms with Crippen LogP contribution < -0.4 is 10.5 Å². The molecule has 2 heterocycles. The number of aryl methyl sites for hydroxylation is 2. The largest absolute Gasteiger partial charge is 0.480 e. The second kappa shape index (κ2) is 4.63. The second-order valence-electron chi connectivity index (χ2n) is 5.16. The SMILES string of the molecule is Cc1cc2c(cc1C)OC(C(=O)n1ncc(C#N)c1N)C2. The number of benzene rings is 1. The number of nitrogen functional groups attached to an aromatic ring is 1. The number of ether oxygens (including phenoxy) is 1. The molecule has 21 heavy (non-hydrogen) atoms. The monoisotopic (exact) mass is 282 g/mol. The van der Waals surface area contributed by atoms with Gasteiger partial charge >= 0.3 is 0 Å². The van der Waals surface area contributed by atoms with Crippen LogP contribution in [0, 0.1) is 25.2 Å². The number of nitrogens with zero attached hydrogens (tertiary/aromatic N) is 3. The highest BCUT2D eigenvalue weighted by Crippen LogP contribution is 2.32. The van der Waals surface area contributed by atoms with Gasteiger partial charge in [-0.05, 0) is 36.6 Å². The fourth-order valence-electron chi connectivity index (χ4n) is 2.41. The first-order valence-electron chi connectivity index (χ1n) is 6.56. The van der Waals surface area contributed by atoms with Gasteiger partial charge in [0.1, 0.15) is 23.2 Å². The molecule has 1 unspecified atom stereocenters. The lowest BCUT2D eigenvalue weighted by Gasteiger charge is -2.10. The molecule has 0 bridgehead atoms. The van der Waals surface area contributed by atoms with Crippen LogP contribution in [0.15, 0.2) is 18.3 Å². The fraction of sp³-hybridized carbons (Fsp3) is 0.267. The lowest BCUT2D eigenvalue weighted by atomic mass is 10.0. The van der Waals surface area contributed by atoms with Crippen molar-refractivity contribution in [1.82, 2.24) is 9.78 Å². The molecule has 2 N–H and O–H groups in total. The van der Waals surface area contributed by atoms with E-state index in [0.29, 0.717) is 6.42 Å². The van der Waals surface area contributed by atoms with Crippen molar-refractivity contribution in [2.75, 3.05) is 5.73 Å². The van der Waals surface area contributed by atoms with Gasteiger partial charge in [0.15, 0.2) is 6.10 Å². The van der Waals surface area contributed by atoms with E-state index in [1.807, 2.05) is 32.0 Å². The summed E-state index contributed by atoms with van der Waals surface area (Å²) in [4.78, 5) is 12.4. The van der Waals surface area contributed by atoms with Gasteiger partial charge < -0.3 is 10.5 Å². The van der Waals surface area contributed by atoms with Crippen LogP contribution in [0.25, 0.3) is 0 Å². The Morgan fingerprint density at radius 1 is 1.48 bits per heavy atom. The highest BCUT2D eigenvalue weighted by atomic mass is 16.5. The van der Waals surface area contributed by atoms with Gasteiger partial charge in [-0.2, -0.15) is 15.0 Å². The third kappa shape index (κ3) is 2.03. The summed E-state index contributed by atoms with van der Waals surface area (Å²) in [6.45, 7) is 4.02. The molecule has 1 aromatic heterocycles. The summed E-state index contributed by atoms with van der Waals surface area (Å²) < 4.78 is 6.74. The number of hydrogen-bond donors (Lipinski definition) is 1. The average molecular weight is 282 g/mol. The predicted octanol–water partition coefficient (Wildman–Crippen LogP) is 1.60. The van der Waals surface area contributed by atoms with Gasteiger partial charge in [-0.1, -0.05) is 6.07 Å². The number of fused-ring (bicyclic) bond motifs is 1. The quantitative estimate of drug-likeness (QED) is 0.857. The molecule has 1 aliphatic rings. The smallest absolute Gasteiger partial charge is 0.290 e. The number of carbonyl (C=O) groups excluding carboxylic acids is 1. The van der Waals surface area contributed by atoms with Crippen LogP contribution >= 0.6 is 0 Å². The van der Waals surface area contributed by atoms with E-state index in [4.69, 9.17) is 15.7 Å². The number of nitrogens with two attached hydrogens (primary N) is 1. The van der Waals surface area contributed by atoms with E-state index in [9.17, 15) is 4.79 Å². The Morgan fingerprint density at radius 3 is 2.86 bits per heavy atom. The average Bonchev–Trinajstić information content (AvgIpc) is 3.02. The molecule has 0 radical (unpaired) electrons. The molecule has 6 nitrogen and oxygen atoms in total. The van der Waals surface area contributed by atoms with Crippen LogP contribution in [0.1, 0.15) is 27.0 Å². The maximum atomic E-state index is 12.4. The first-order chi connectivity index (χ1) is 10.0. The van der Waals surface area contributed by atoms with Crippen molar-refractivity contribution in [3.05, 3.63) is 40.6 Å². The molecule has 106 valence electrons. The first-order valence-corrected chi connectivity index (χ1v) is 6.56. The van der Waals surface area contributed by atoms with E-state index >= 15 is 0 Å². The summed E-state index contributed by atoms with van der Waals surface area (Å²) in [6, 6.07) is 5.86. The van der Waals surface area contributed by atoms with E-state index in [0.717, 1.165) is 27.1 Å². The Labute approximate surface area is 121 Å². The second-order valence-corrected chi connectivity index (χ2v) is 5.16. The molecule has 1 aliphatic heterocycles. The summed E-state index contributed by atoms with van der Waals surface area (Å²) in [6.07, 6.45) is 1.11. The number of rotatable bonds is 1. The van der Waals surface area contributed by atoms with Crippen molar-refractivity contribution in [1.29, 1.82) is 5.26 Å². The molecule has 0 aliphatic carbocycles. The number of aromatic nitrogens is 2. The zero-order valence-corrected chi connectivity index (χ0v) is 11.8. The van der Waals surface area contributed by atoms with Crippen LogP contribution in [0.3, 0.4) is 0 Å². The molecule has 2 aromatic rings. The van der Waals surface area contributed by atoms with E-state index in [2.05, 4.69) is 5.10 Å². The summed E-state index contributed by atoms with van der Waals surface area (Å²) in [7, 11) is 0.